The zero-order valence-corrected chi connectivity index (χ0v) is 8.77. The fraction of sp³-hybridized carbons (Fsp3) is 0.300. The minimum absolute atomic E-state index is 0.0726. The van der Waals surface area contributed by atoms with Crippen molar-refractivity contribution in [2.24, 2.45) is 5.73 Å². The van der Waals surface area contributed by atoms with Crippen LogP contribution >= 0.6 is 0 Å². The molecule has 0 aromatic carbocycles. The van der Waals surface area contributed by atoms with Crippen molar-refractivity contribution in [2.45, 2.75) is 6.42 Å². The molecule has 4 N–H and O–H groups in total. The summed E-state index contributed by atoms with van der Waals surface area (Å²) in [5.41, 5.74) is 5.87. The number of hydrogen-bond acceptors (Lipinski definition) is 4. The van der Waals surface area contributed by atoms with Gasteiger partial charge in [0.2, 0.25) is 5.91 Å². The van der Waals surface area contributed by atoms with Crippen molar-refractivity contribution in [3.05, 3.63) is 30.1 Å². The van der Waals surface area contributed by atoms with E-state index in [9.17, 15) is 9.59 Å². The minimum Gasteiger partial charge on any atom is -0.351 e. The lowest BCUT2D eigenvalue weighted by Crippen LogP contribution is -2.40. The van der Waals surface area contributed by atoms with E-state index < -0.39 is 11.9 Å². The molecule has 0 aliphatic heterocycles. The molecule has 0 fully saturated rings. The molecule has 0 unspecified atom stereocenters. The van der Waals surface area contributed by atoms with Crippen LogP contribution < -0.4 is 16.4 Å². The van der Waals surface area contributed by atoms with Crippen molar-refractivity contribution in [1.82, 2.24) is 15.6 Å². The van der Waals surface area contributed by atoms with Gasteiger partial charge in [-0.1, -0.05) is 6.07 Å². The van der Waals surface area contributed by atoms with Crippen LogP contribution in [0.25, 0.3) is 0 Å². The molecule has 86 valence electrons. The molecule has 6 heteroatoms. The molecule has 0 aliphatic rings. The SMILES string of the molecule is NC(=O)NC(=O)CNCCc1cccnc1. The van der Waals surface area contributed by atoms with Crippen LogP contribution in [0.1, 0.15) is 5.56 Å². The topological polar surface area (TPSA) is 97.1 Å². The summed E-state index contributed by atoms with van der Waals surface area (Å²) in [6.07, 6.45) is 4.25. The van der Waals surface area contributed by atoms with Crippen LogP contribution in [0.3, 0.4) is 0 Å². The second-order valence-electron chi connectivity index (χ2n) is 3.20. The lowest BCUT2D eigenvalue weighted by Gasteiger charge is -2.03. The monoisotopic (exact) mass is 222 g/mol. The van der Waals surface area contributed by atoms with E-state index in [-0.39, 0.29) is 6.54 Å². The van der Waals surface area contributed by atoms with Gasteiger partial charge in [0.25, 0.3) is 0 Å². The van der Waals surface area contributed by atoms with Gasteiger partial charge in [-0.3, -0.25) is 15.1 Å². The molecular formula is C10H14N4O2. The fourth-order valence-electron chi connectivity index (χ4n) is 1.16. The number of primary amides is 1. The predicted molar refractivity (Wildman–Crippen MR) is 58.5 cm³/mol. The van der Waals surface area contributed by atoms with E-state index in [1.165, 1.54) is 0 Å². The van der Waals surface area contributed by atoms with Gasteiger partial charge < -0.3 is 11.1 Å². The van der Waals surface area contributed by atoms with Crippen LogP contribution in [0.2, 0.25) is 0 Å². The normalized spacial score (nSPS) is 9.75. The van der Waals surface area contributed by atoms with Gasteiger partial charge in [-0.2, -0.15) is 0 Å². The molecule has 16 heavy (non-hydrogen) atoms. The van der Waals surface area contributed by atoms with E-state index in [1.807, 2.05) is 17.4 Å². The van der Waals surface area contributed by atoms with Gasteiger partial charge in [0, 0.05) is 12.4 Å². The zero-order valence-electron chi connectivity index (χ0n) is 8.77. The number of pyridine rings is 1. The zero-order chi connectivity index (χ0) is 11.8. The lowest BCUT2D eigenvalue weighted by atomic mass is 10.2. The molecule has 0 spiro atoms. The van der Waals surface area contributed by atoms with Gasteiger partial charge in [0.05, 0.1) is 6.54 Å². The van der Waals surface area contributed by atoms with E-state index in [0.29, 0.717) is 6.54 Å². The van der Waals surface area contributed by atoms with Crippen LogP contribution in [0.4, 0.5) is 4.79 Å². The molecule has 0 saturated heterocycles. The van der Waals surface area contributed by atoms with Gasteiger partial charge in [-0.15, -0.1) is 0 Å². The maximum Gasteiger partial charge on any atom is 0.318 e. The summed E-state index contributed by atoms with van der Waals surface area (Å²) in [7, 11) is 0. The summed E-state index contributed by atoms with van der Waals surface area (Å²) in [5.74, 6) is -0.432. The lowest BCUT2D eigenvalue weighted by molar-refractivity contribution is -0.119. The van der Waals surface area contributed by atoms with Crippen molar-refractivity contribution >= 4 is 11.9 Å². The molecular weight excluding hydrogens is 208 g/mol. The Labute approximate surface area is 93.2 Å². The van der Waals surface area contributed by atoms with Crippen molar-refractivity contribution in [2.75, 3.05) is 13.1 Å². The molecule has 1 aromatic heterocycles. The van der Waals surface area contributed by atoms with E-state index in [2.05, 4.69) is 10.3 Å². The molecule has 6 nitrogen and oxygen atoms in total. The number of hydrogen-bond donors (Lipinski definition) is 3. The highest BCUT2D eigenvalue weighted by atomic mass is 16.2. The maximum absolute atomic E-state index is 11.0. The van der Waals surface area contributed by atoms with Crippen LogP contribution in [-0.4, -0.2) is 30.0 Å². The summed E-state index contributed by atoms with van der Waals surface area (Å²) in [5, 5.41) is 4.86. The molecule has 0 aliphatic carbocycles. The Morgan fingerprint density at radius 2 is 2.25 bits per heavy atom. The second kappa shape index (κ2) is 6.52. The Morgan fingerprint density at radius 3 is 2.88 bits per heavy atom. The summed E-state index contributed by atoms with van der Waals surface area (Å²) >= 11 is 0. The van der Waals surface area contributed by atoms with E-state index >= 15 is 0 Å². The Morgan fingerprint density at radius 1 is 1.44 bits per heavy atom. The number of nitrogens with zero attached hydrogens (tertiary/aromatic N) is 1. The smallest absolute Gasteiger partial charge is 0.318 e. The quantitative estimate of drug-likeness (QED) is 0.580. The number of amides is 3. The van der Waals surface area contributed by atoms with E-state index in [4.69, 9.17) is 5.73 Å². The number of rotatable bonds is 5. The molecule has 0 saturated carbocycles. The standard InChI is InChI=1S/C10H14N4O2/c11-10(16)14-9(15)7-13-5-3-8-2-1-4-12-6-8/h1-2,4,6,13H,3,5,7H2,(H3,11,14,15,16). The first-order chi connectivity index (χ1) is 7.68. The third kappa shape index (κ3) is 5.06. The Bertz CT molecular complexity index is 353. The van der Waals surface area contributed by atoms with Crippen LogP contribution in [0.15, 0.2) is 24.5 Å². The van der Waals surface area contributed by atoms with Crippen LogP contribution in [0.5, 0.6) is 0 Å². The highest BCUT2D eigenvalue weighted by Crippen LogP contribution is 1.94. The number of nitrogens with two attached hydrogens (primary N) is 1. The Balaban J connectivity index is 2.13. The van der Waals surface area contributed by atoms with Crippen LogP contribution in [0, 0.1) is 0 Å². The van der Waals surface area contributed by atoms with Gasteiger partial charge in [0.15, 0.2) is 0 Å². The van der Waals surface area contributed by atoms with Crippen molar-refractivity contribution < 1.29 is 9.59 Å². The summed E-state index contributed by atoms with van der Waals surface area (Å²) in [6.45, 7) is 0.709. The van der Waals surface area contributed by atoms with Gasteiger partial charge >= 0.3 is 6.03 Å². The number of urea groups is 1. The van der Waals surface area contributed by atoms with E-state index in [1.54, 1.807) is 12.4 Å². The summed E-state index contributed by atoms with van der Waals surface area (Å²) in [4.78, 5) is 25.3. The molecule has 0 radical (unpaired) electrons. The van der Waals surface area contributed by atoms with Gasteiger partial charge in [0.1, 0.15) is 0 Å². The number of carbonyl (C=O) groups is 2. The first-order valence-corrected chi connectivity index (χ1v) is 4.87. The molecule has 0 bridgehead atoms. The molecule has 0 atom stereocenters. The number of aromatic nitrogens is 1. The summed E-state index contributed by atoms with van der Waals surface area (Å²) < 4.78 is 0. The maximum atomic E-state index is 11.0. The predicted octanol–water partition coefficient (Wildman–Crippen LogP) is -0.591. The largest absolute Gasteiger partial charge is 0.351 e. The second-order valence-corrected chi connectivity index (χ2v) is 3.20. The van der Waals surface area contributed by atoms with Crippen LogP contribution in [-0.2, 0) is 11.2 Å². The summed E-state index contributed by atoms with van der Waals surface area (Å²) in [6, 6.07) is 2.98. The first-order valence-electron chi connectivity index (χ1n) is 4.87. The van der Waals surface area contributed by atoms with Gasteiger partial charge in [-0.05, 0) is 24.6 Å². The average molecular weight is 222 g/mol. The Kier molecular flexibility index (Phi) is 4.94. The number of nitrogens with one attached hydrogen (secondary N) is 2. The fourth-order valence-corrected chi connectivity index (χ4v) is 1.16. The van der Waals surface area contributed by atoms with Crippen molar-refractivity contribution in [3.63, 3.8) is 0 Å². The minimum atomic E-state index is -0.834. The average Bonchev–Trinajstić information content (AvgIpc) is 2.25. The molecule has 1 heterocycles. The molecule has 3 amide bonds. The number of imide groups is 1. The van der Waals surface area contributed by atoms with Crippen molar-refractivity contribution in [3.8, 4) is 0 Å². The Hall–Kier alpha value is -1.95. The van der Waals surface area contributed by atoms with Gasteiger partial charge in [-0.25, -0.2) is 4.79 Å². The molecule has 1 rings (SSSR count). The van der Waals surface area contributed by atoms with Crippen molar-refractivity contribution in [1.29, 1.82) is 0 Å². The first kappa shape index (κ1) is 12.1. The molecule has 1 aromatic rings. The third-order valence-electron chi connectivity index (χ3n) is 1.86. The highest BCUT2D eigenvalue weighted by Gasteiger charge is 2.02. The van der Waals surface area contributed by atoms with E-state index in [0.717, 1.165) is 12.0 Å². The third-order valence-corrected chi connectivity index (χ3v) is 1.86. The highest BCUT2D eigenvalue weighted by molar-refractivity contribution is 5.94. The number of carbonyl (C=O) groups excluding carboxylic acids is 2.